The van der Waals surface area contributed by atoms with E-state index in [1.807, 2.05) is 6.07 Å². The van der Waals surface area contributed by atoms with Crippen LogP contribution in [-0.4, -0.2) is 45.8 Å². The Balaban J connectivity index is 2.21. The first-order valence-electron chi connectivity index (χ1n) is 6.30. The molecule has 2 rings (SSSR count). The molecule has 100 valence electrons. The van der Waals surface area contributed by atoms with Gasteiger partial charge in [0.15, 0.2) is 11.5 Å². The average molecular weight is 250 g/mol. The lowest BCUT2D eigenvalue weighted by atomic mass is 9.97. The van der Waals surface area contributed by atoms with E-state index in [1.165, 1.54) is 11.3 Å². The number of fused-ring (bicyclic) bond motifs is 1. The molecule has 18 heavy (non-hydrogen) atoms. The first-order valence-corrected chi connectivity index (χ1v) is 6.30. The minimum Gasteiger partial charge on any atom is -0.493 e. The SMILES string of the molecule is COc1cc2c(cc1OC)NC(CN(C)C)CC2. The van der Waals surface area contributed by atoms with Crippen molar-refractivity contribution in [3.8, 4) is 11.5 Å². The zero-order valence-electron chi connectivity index (χ0n) is 11.6. The van der Waals surface area contributed by atoms with Crippen molar-refractivity contribution in [3.05, 3.63) is 17.7 Å². The van der Waals surface area contributed by atoms with Crippen LogP contribution in [0.3, 0.4) is 0 Å². The standard InChI is InChI=1S/C14H22N2O2/c1-16(2)9-11-6-5-10-7-13(17-3)14(18-4)8-12(10)15-11/h7-8,11,15H,5-6,9H2,1-4H3. The van der Waals surface area contributed by atoms with Gasteiger partial charge >= 0.3 is 0 Å². The molecule has 0 saturated carbocycles. The van der Waals surface area contributed by atoms with Gasteiger partial charge in [0, 0.05) is 24.3 Å². The van der Waals surface area contributed by atoms with E-state index in [0.717, 1.165) is 30.9 Å². The molecule has 0 aliphatic carbocycles. The first-order chi connectivity index (χ1) is 8.63. The topological polar surface area (TPSA) is 33.7 Å². The quantitative estimate of drug-likeness (QED) is 0.886. The summed E-state index contributed by atoms with van der Waals surface area (Å²) < 4.78 is 10.7. The van der Waals surface area contributed by atoms with Gasteiger partial charge in [0.05, 0.1) is 14.2 Å². The molecule has 4 heteroatoms. The van der Waals surface area contributed by atoms with Gasteiger partial charge in [0.25, 0.3) is 0 Å². The number of aryl methyl sites for hydroxylation is 1. The van der Waals surface area contributed by atoms with Gasteiger partial charge in [-0.05, 0) is 38.6 Å². The second kappa shape index (κ2) is 5.48. The summed E-state index contributed by atoms with van der Waals surface area (Å²) in [5.74, 6) is 1.60. The first kappa shape index (κ1) is 13.0. The van der Waals surface area contributed by atoms with Crippen molar-refractivity contribution in [2.45, 2.75) is 18.9 Å². The highest BCUT2D eigenvalue weighted by molar-refractivity contribution is 5.62. The van der Waals surface area contributed by atoms with Crippen LogP contribution in [0, 0.1) is 0 Å². The van der Waals surface area contributed by atoms with Gasteiger partial charge in [0.2, 0.25) is 0 Å². The van der Waals surface area contributed by atoms with E-state index in [4.69, 9.17) is 9.47 Å². The van der Waals surface area contributed by atoms with E-state index in [-0.39, 0.29) is 0 Å². The number of rotatable bonds is 4. The molecule has 0 bridgehead atoms. The Morgan fingerprint density at radius 1 is 1.22 bits per heavy atom. The Labute approximate surface area is 109 Å². The van der Waals surface area contributed by atoms with Crippen molar-refractivity contribution < 1.29 is 9.47 Å². The lowest BCUT2D eigenvalue weighted by Gasteiger charge is -2.29. The molecule has 1 aromatic rings. The largest absolute Gasteiger partial charge is 0.493 e. The fourth-order valence-corrected chi connectivity index (χ4v) is 2.46. The molecule has 1 heterocycles. The highest BCUT2D eigenvalue weighted by atomic mass is 16.5. The van der Waals surface area contributed by atoms with Crippen molar-refractivity contribution in [2.24, 2.45) is 0 Å². The molecule has 0 spiro atoms. The van der Waals surface area contributed by atoms with Crippen LogP contribution in [0.15, 0.2) is 12.1 Å². The van der Waals surface area contributed by atoms with Crippen LogP contribution in [0.2, 0.25) is 0 Å². The predicted molar refractivity (Wildman–Crippen MR) is 73.8 cm³/mol. The number of likely N-dealkylation sites (N-methyl/N-ethyl adjacent to an activating group) is 1. The van der Waals surface area contributed by atoms with E-state index in [0.29, 0.717) is 6.04 Å². The van der Waals surface area contributed by atoms with Crippen LogP contribution in [0.4, 0.5) is 5.69 Å². The molecule has 0 aromatic heterocycles. The zero-order valence-corrected chi connectivity index (χ0v) is 11.6. The summed E-state index contributed by atoms with van der Waals surface area (Å²) in [7, 11) is 7.55. The molecule has 1 N–H and O–H groups in total. The maximum Gasteiger partial charge on any atom is 0.162 e. The van der Waals surface area contributed by atoms with Crippen LogP contribution < -0.4 is 14.8 Å². The summed E-state index contributed by atoms with van der Waals surface area (Å²) in [6, 6.07) is 4.62. The summed E-state index contributed by atoms with van der Waals surface area (Å²) in [5, 5.41) is 3.58. The van der Waals surface area contributed by atoms with Gasteiger partial charge in [-0.2, -0.15) is 0 Å². The average Bonchev–Trinajstić information content (AvgIpc) is 2.36. The number of nitrogens with zero attached hydrogens (tertiary/aromatic N) is 1. The van der Waals surface area contributed by atoms with Crippen molar-refractivity contribution >= 4 is 5.69 Å². The summed E-state index contributed by atoms with van der Waals surface area (Å²) in [5.41, 5.74) is 2.48. The Kier molecular flexibility index (Phi) is 3.97. The Hall–Kier alpha value is -1.42. The van der Waals surface area contributed by atoms with E-state index >= 15 is 0 Å². The molecule has 0 amide bonds. The lowest BCUT2D eigenvalue weighted by molar-refractivity contribution is 0.352. The lowest BCUT2D eigenvalue weighted by Crippen LogP contribution is -2.35. The number of benzene rings is 1. The predicted octanol–water partition coefficient (Wildman–Crippen LogP) is 1.99. The van der Waals surface area contributed by atoms with Gasteiger partial charge < -0.3 is 19.7 Å². The molecule has 1 unspecified atom stereocenters. The van der Waals surface area contributed by atoms with Crippen molar-refractivity contribution in [1.29, 1.82) is 0 Å². The number of hydrogen-bond donors (Lipinski definition) is 1. The van der Waals surface area contributed by atoms with Gasteiger partial charge in [-0.15, -0.1) is 0 Å². The second-order valence-electron chi connectivity index (χ2n) is 5.01. The van der Waals surface area contributed by atoms with Crippen LogP contribution in [-0.2, 0) is 6.42 Å². The number of anilines is 1. The third-order valence-electron chi connectivity index (χ3n) is 3.32. The second-order valence-corrected chi connectivity index (χ2v) is 5.01. The third kappa shape index (κ3) is 2.70. The van der Waals surface area contributed by atoms with E-state index in [1.54, 1.807) is 14.2 Å². The van der Waals surface area contributed by atoms with Crippen LogP contribution in [0.1, 0.15) is 12.0 Å². The van der Waals surface area contributed by atoms with Crippen LogP contribution in [0.25, 0.3) is 0 Å². The van der Waals surface area contributed by atoms with E-state index in [9.17, 15) is 0 Å². The number of hydrogen-bond acceptors (Lipinski definition) is 4. The third-order valence-corrected chi connectivity index (χ3v) is 3.32. The van der Waals surface area contributed by atoms with E-state index < -0.39 is 0 Å². The summed E-state index contributed by atoms with van der Waals surface area (Å²) >= 11 is 0. The fourth-order valence-electron chi connectivity index (χ4n) is 2.46. The number of methoxy groups -OCH3 is 2. The molecule has 0 saturated heterocycles. The molecule has 1 atom stereocenters. The van der Waals surface area contributed by atoms with Gasteiger partial charge in [-0.25, -0.2) is 0 Å². The normalized spacial score (nSPS) is 18.2. The summed E-state index contributed by atoms with van der Waals surface area (Å²) in [4.78, 5) is 2.21. The summed E-state index contributed by atoms with van der Waals surface area (Å²) in [6.45, 7) is 1.05. The number of nitrogens with one attached hydrogen (secondary N) is 1. The number of ether oxygens (including phenoxy) is 2. The fraction of sp³-hybridized carbons (Fsp3) is 0.571. The molecular weight excluding hydrogens is 228 g/mol. The molecule has 1 aromatic carbocycles. The molecule has 1 aliphatic heterocycles. The van der Waals surface area contributed by atoms with Crippen molar-refractivity contribution in [2.75, 3.05) is 40.2 Å². The van der Waals surface area contributed by atoms with Crippen LogP contribution >= 0.6 is 0 Å². The molecule has 1 aliphatic rings. The van der Waals surface area contributed by atoms with E-state index in [2.05, 4.69) is 30.4 Å². The van der Waals surface area contributed by atoms with Crippen molar-refractivity contribution in [3.63, 3.8) is 0 Å². The Morgan fingerprint density at radius 3 is 2.50 bits per heavy atom. The molecule has 4 nitrogen and oxygen atoms in total. The van der Waals surface area contributed by atoms with Gasteiger partial charge in [-0.1, -0.05) is 0 Å². The molecule has 0 radical (unpaired) electrons. The zero-order chi connectivity index (χ0) is 13.1. The van der Waals surface area contributed by atoms with Crippen molar-refractivity contribution in [1.82, 2.24) is 4.90 Å². The van der Waals surface area contributed by atoms with Crippen LogP contribution in [0.5, 0.6) is 11.5 Å². The molecule has 0 fully saturated rings. The minimum absolute atomic E-state index is 0.505. The summed E-state index contributed by atoms with van der Waals surface area (Å²) in [6.07, 6.45) is 2.24. The maximum absolute atomic E-state index is 5.34. The highest BCUT2D eigenvalue weighted by Crippen LogP contribution is 2.36. The smallest absolute Gasteiger partial charge is 0.162 e. The monoisotopic (exact) mass is 250 g/mol. The Morgan fingerprint density at radius 2 is 1.89 bits per heavy atom. The van der Waals surface area contributed by atoms with Gasteiger partial charge in [-0.3, -0.25) is 0 Å². The highest BCUT2D eigenvalue weighted by Gasteiger charge is 2.20. The maximum atomic E-state index is 5.34. The Bertz CT molecular complexity index is 419. The van der Waals surface area contributed by atoms with Gasteiger partial charge in [0.1, 0.15) is 0 Å². The molecular formula is C14H22N2O2. The minimum atomic E-state index is 0.505.